The summed E-state index contributed by atoms with van der Waals surface area (Å²) in [4.78, 5) is 23.0. The van der Waals surface area contributed by atoms with E-state index in [2.05, 4.69) is 26.6 Å². The fourth-order valence-electron chi connectivity index (χ4n) is 1.93. The van der Waals surface area contributed by atoms with Gasteiger partial charge in [0.05, 0.1) is 17.3 Å². The van der Waals surface area contributed by atoms with E-state index in [0.29, 0.717) is 10.2 Å². The zero-order valence-electron chi connectivity index (χ0n) is 9.57. The number of hydrogen-bond donors (Lipinski definition) is 3. The van der Waals surface area contributed by atoms with Gasteiger partial charge in [-0.2, -0.15) is 0 Å². The number of hydrogen-bond acceptors (Lipinski definition) is 3. The number of rotatable bonds is 3. The van der Waals surface area contributed by atoms with Crippen LogP contribution < -0.4 is 10.6 Å². The van der Waals surface area contributed by atoms with Crippen molar-refractivity contribution in [3.8, 4) is 0 Å². The van der Waals surface area contributed by atoms with Gasteiger partial charge in [-0.05, 0) is 37.6 Å². The van der Waals surface area contributed by atoms with Crippen LogP contribution in [0.15, 0.2) is 22.7 Å². The summed E-state index contributed by atoms with van der Waals surface area (Å²) in [5, 5.41) is 14.8. The van der Waals surface area contributed by atoms with Crippen LogP contribution in [0.1, 0.15) is 23.2 Å². The second kappa shape index (κ2) is 5.49. The summed E-state index contributed by atoms with van der Waals surface area (Å²) in [6.07, 6.45) is 1.75. The minimum Gasteiger partial charge on any atom is -0.478 e. The Kier molecular flexibility index (Phi) is 3.98. The second-order valence-electron chi connectivity index (χ2n) is 4.13. The van der Waals surface area contributed by atoms with Gasteiger partial charge in [-0.1, -0.05) is 15.9 Å². The molecule has 0 saturated carbocycles. The molecule has 1 aliphatic rings. The molecule has 0 aromatic heterocycles. The van der Waals surface area contributed by atoms with Gasteiger partial charge in [-0.15, -0.1) is 0 Å². The van der Waals surface area contributed by atoms with Gasteiger partial charge >= 0.3 is 5.97 Å². The molecule has 0 unspecified atom stereocenters. The lowest BCUT2D eigenvalue weighted by molar-refractivity contribution is -0.117. The van der Waals surface area contributed by atoms with Crippen molar-refractivity contribution in [3.05, 3.63) is 28.2 Å². The molecule has 1 amide bonds. The van der Waals surface area contributed by atoms with Crippen molar-refractivity contribution in [1.29, 1.82) is 0 Å². The Hall–Kier alpha value is -1.40. The molecule has 1 heterocycles. The third-order valence-corrected chi connectivity index (χ3v) is 3.34. The fourth-order valence-corrected chi connectivity index (χ4v) is 2.29. The average Bonchev–Trinajstić information content (AvgIpc) is 2.84. The molecular formula is C12H13BrN2O3. The summed E-state index contributed by atoms with van der Waals surface area (Å²) < 4.78 is 0.664. The molecule has 5 nitrogen and oxygen atoms in total. The highest BCUT2D eigenvalue weighted by atomic mass is 79.9. The Morgan fingerprint density at radius 1 is 1.44 bits per heavy atom. The molecule has 18 heavy (non-hydrogen) atoms. The number of nitrogens with one attached hydrogen (secondary N) is 2. The number of aromatic carboxylic acids is 1. The van der Waals surface area contributed by atoms with E-state index in [9.17, 15) is 9.59 Å². The first-order valence-corrected chi connectivity index (χ1v) is 6.44. The standard InChI is InChI=1S/C12H13BrN2O3/c13-7-3-4-9(8(6-7)12(17)18)15-11(16)10-2-1-5-14-10/h3-4,6,10,14H,1-2,5H2,(H,15,16)(H,17,18)/t10-/m0/s1. The van der Waals surface area contributed by atoms with Gasteiger partial charge in [-0.3, -0.25) is 4.79 Å². The van der Waals surface area contributed by atoms with Crippen LogP contribution in [0.5, 0.6) is 0 Å². The van der Waals surface area contributed by atoms with E-state index in [0.717, 1.165) is 19.4 Å². The molecule has 6 heteroatoms. The molecule has 3 N–H and O–H groups in total. The van der Waals surface area contributed by atoms with E-state index in [1.54, 1.807) is 12.1 Å². The number of carboxylic acid groups (broad SMARTS) is 1. The minimum absolute atomic E-state index is 0.0794. The Labute approximate surface area is 113 Å². The molecule has 0 bridgehead atoms. The molecule has 96 valence electrons. The predicted molar refractivity (Wildman–Crippen MR) is 70.8 cm³/mol. The lowest BCUT2D eigenvalue weighted by Crippen LogP contribution is -2.35. The maximum atomic E-state index is 11.9. The topological polar surface area (TPSA) is 78.4 Å². The highest BCUT2D eigenvalue weighted by Gasteiger charge is 2.23. The lowest BCUT2D eigenvalue weighted by atomic mass is 10.1. The number of carboxylic acids is 1. The molecule has 1 atom stereocenters. The fraction of sp³-hybridized carbons (Fsp3) is 0.333. The van der Waals surface area contributed by atoms with Gasteiger partial charge in [-0.25, -0.2) is 4.79 Å². The normalized spacial score (nSPS) is 18.6. The van der Waals surface area contributed by atoms with Crippen LogP contribution in [0.4, 0.5) is 5.69 Å². The van der Waals surface area contributed by atoms with Crippen LogP contribution in [-0.2, 0) is 4.79 Å². The number of halogens is 1. The van der Waals surface area contributed by atoms with Crippen LogP contribution in [0.2, 0.25) is 0 Å². The van der Waals surface area contributed by atoms with E-state index in [1.165, 1.54) is 6.07 Å². The quantitative estimate of drug-likeness (QED) is 0.795. The number of amides is 1. The SMILES string of the molecule is O=C(O)c1cc(Br)ccc1NC(=O)[C@@H]1CCCN1. The van der Waals surface area contributed by atoms with E-state index < -0.39 is 5.97 Å². The van der Waals surface area contributed by atoms with Crippen LogP contribution in [-0.4, -0.2) is 29.6 Å². The van der Waals surface area contributed by atoms with Crippen molar-refractivity contribution in [2.45, 2.75) is 18.9 Å². The van der Waals surface area contributed by atoms with Gasteiger partial charge in [0.1, 0.15) is 0 Å². The summed E-state index contributed by atoms with van der Waals surface area (Å²) >= 11 is 3.21. The molecule has 2 rings (SSSR count). The lowest BCUT2D eigenvalue weighted by Gasteiger charge is -2.13. The molecule has 1 saturated heterocycles. The summed E-state index contributed by atoms with van der Waals surface area (Å²) in [6, 6.07) is 4.53. The van der Waals surface area contributed by atoms with Gasteiger partial charge in [0.15, 0.2) is 0 Å². The van der Waals surface area contributed by atoms with Crippen molar-refractivity contribution in [1.82, 2.24) is 5.32 Å². The molecule has 1 aliphatic heterocycles. The Bertz CT molecular complexity index is 484. The number of carbonyl (C=O) groups excluding carboxylic acids is 1. The predicted octanol–water partition coefficient (Wildman–Crippen LogP) is 1.84. The first kappa shape index (κ1) is 13.0. The van der Waals surface area contributed by atoms with Gasteiger partial charge < -0.3 is 15.7 Å². The van der Waals surface area contributed by atoms with Crippen LogP contribution in [0.3, 0.4) is 0 Å². The van der Waals surface area contributed by atoms with Gasteiger partial charge in [0.25, 0.3) is 0 Å². The summed E-state index contributed by atoms with van der Waals surface area (Å²) in [5.74, 6) is -1.25. The maximum Gasteiger partial charge on any atom is 0.337 e. The number of carbonyl (C=O) groups is 2. The number of anilines is 1. The highest BCUT2D eigenvalue weighted by molar-refractivity contribution is 9.10. The van der Waals surface area contributed by atoms with Gasteiger partial charge in [0.2, 0.25) is 5.91 Å². The van der Waals surface area contributed by atoms with E-state index in [1.807, 2.05) is 0 Å². The zero-order chi connectivity index (χ0) is 13.1. The highest BCUT2D eigenvalue weighted by Crippen LogP contribution is 2.21. The molecule has 1 aromatic rings. The van der Waals surface area contributed by atoms with E-state index in [-0.39, 0.29) is 17.5 Å². The molecule has 1 fully saturated rings. The van der Waals surface area contributed by atoms with Crippen molar-refractivity contribution in [2.75, 3.05) is 11.9 Å². The smallest absolute Gasteiger partial charge is 0.337 e. The van der Waals surface area contributed by atoms with Crippen molar-refractivity contribution >= 4 is 33.5 Å². The number of benzene rings is 1. The monoisotopic (exact) mass is 312 g/mol. The minimum atomic E-state index is -1.06. The van der Waals surface area contributed by atoms with Crippen molar-refractivity contribution in [2.24, 2.45) is 0 Å². The maximum absolute atomic E-state index is 11.9. The summed E-state index contributed by atoms with van der Waals surface area (Å²) in [7, 11) is 0. The first-order chi connectivity index (χ1) is 8.58. The Balaban J connectivity index is 2.17. The first-order valence-electron chi connectivity index (χ1n) is 5.65. The second-order valence-corrected chi connectivity index (χ2v) is 5.05. The van der Waals surface area contributed by atoms with Crippen molar-refractivity contribution < 1.29 is 14.7 Å². The average molecular weight is 313 g/mol. The molecule has 0 spiro atoms. The van der Waals surface area contributed by atoms with E-state index >= 15 is 0 Å². The summed E-state index contributed by atoms with van der Waals surface area (Å²) in [5.41, 5.74) is 0.403. The molecule has 1 aromatic carbocycles. The Morgan fingerprint density at radius 2 is 2.22 bits per heavy atom. The third kappa shape index (κ3) is 2.88. The van der Waals surface area contributed by atoms with E-state index in [4.69, 9.17) is 5.11 Å². The Morgan fingerprint density at radius 3 is 2.83 bits per heavy atom. The molecule has 0 radical (unpaired) electrons. The van der Waals surface area contributed by atoms with Crippen LogP contribution in [0, 0.1) is 0 Å². The van der Waals surface area contributed by atoms with Gasteiger partial charge in [0, 0.05) is 4.47 Å². The largest absolute Gasteiger partial charge is 0.478 e. The summed E-state index contributed by atoms with van der Waals surface area (Å²) in [6.45, 7) is 0.824. The zero-order valence-corrected chi connectivity index (χ0v) is 11.2. The third-order valence-electron chi connectivity index (χ3n) is 2.85. The van der Waals surface area contributed by atoms with Crippen LogP contribution in [0.25, 0.3) is 0 Å². The van der Waals surface area contributed by atoms with Crippen LogP contribution >= 0.6 is 15.9 Å². The molecular weight excluding hydrogens is 300 g/mol. The van der Waals surface area contributed by atoms with Crippen molar-refractivity contribution in [3.63, 3.8) is 0 Å². The molecule has 0 aliphatic carbocycles.